The molecule has 0 aliphatic rings. The Morgan fingerprint density at radius 2 is 2.06 bits per heavy atom. The number of nitrogens with one attached hydrogen (secondary N) is 1. The number of carbonyl (C=O) groups excluding carboxylic acids is 1. The van der Waals surface area contributed by atoms with Crippen molar-refractivity contribution < 1.29 is 9.18 Å². The van der Waals surface area contributed by atoms with Crippen LogP contribution >= 0.6 is 0 Å². The Kier molecular flexibility index (Phi) is 4.23. The average Bonchev–Trinajstić information content (AvgIpc) is 2.26. The van der Waals surface area contributed by atoms with Crippen molar-refractivity contribution in [3.05, 3.63) is 35.6 Å². The normalized spacial score (nSPS) is 14.6. The van der Waals surface area contributed by atoms with E-state index >= 15 is 0 Å². The first-order chi connectivity index (χ1) is 7.88. The highest BCUT2D eigenvalue weighted by molar-refractivity contribution is 5.85. The third kappa shape index (κ3) is 3.03. The first kappa shape index (κ1) is 13.6. The molecule has 4 heteroatoms. The van der Waals surface area contributed by atoms with Crippen LogP contribution in [0, 0.1) is 11.7 Å². The number of hydrogen-bond donors (Lipinski definition) is 2. The van der Waals surface area contributed by atoms with E-state index in [-0.39, 0.29) is 5.56 Å². The molecule has 0 aliphatic heterocycles. The molecule has 0 aromatic heterocycles. The van der Waals surface area contributed by atoms with Gasteiger partial charge in [0.05, 0.1) is 0 Å². The highest BCUT2D eigenvalue weighted by Gasteiger charge is 2.35. The maximum Gasteiger partial charge on any atom is 0.242 e. The van der Waals surface area contributed by atoms with Crippen LogP contribution in [0.3, 0.4) is 0 Å². The minimum atomic E-state index is -1.17. The summed E-state index contributed by atoms with van der Waals surface area (Å²) in [6, 6.07) is 6.18. The van der Waals surface area contributed by atoms with Crippen LogP contribution in [0.25, 0.3) is 0 Å². The molecule has 0 heterocycles. The van der Waals surface area contributed by atoms with Gasteiger partial charge in [0.15, 0.2) is 0 Å². The summed E-state index contributed by atoms with van der Waals surface area (Å²) in [6.07, 6.45) is 0. The first-order valence-electron chi connectivity index (χ1n) is 5.68. The highest BCUT2D eigenvalue weighted by atomic mass is 19.1. The smallest absolute Gasteiger partial charge is 0.242 e. The fourth-order valence-corrected chi connectivity index (χ4v) is 1.59. The number of hydrogen-bond acceptors (Lipinski definition) is 2. The van der Waals surface area contributed by atoms with Crippen LogP contribution in [0.2, 0.25) is 0 Å². The molecule has 1 unspecified atom stereocenters. The van der Waals surface area contributed by atoms with Gasteiger partial charge < -0.3 is 5.73 Å². The van der Waals surface area contributed by atoms with Crippen LogP contribution < -0.4 is 11.1 Å². The average molecular weight is 238 g/mol. The molecule has 1 aromatic rings. The summed E-state index contributed by atoms with van der Waals surface area (Å²) in [5, 5.41) is 3.04. The van der Waals surface area contributed by atoms with Gasteiger partial charge in [-0.1, -0.05) is 32.0 Å². The summed E-state index contributed by atoms with van der Waals surface area (Å²) in [5.41, 5.74) is 4.50. The number of primary amides is 1. The fraction of sp³-hybridized carbons (Fsp3) is 0.462. The van der Waals surface area contributed by atoms with Crippen LogP contribution in [0.5, 0.6) is 0 Å². The van der Waals surface area contributed by atoms with Gasteiger partial charge in [0.2, 0.25) is 5.91 Å². The van der Waals surface area contributed by atoms with Gasteiger partial charge in [0.25, 0.3) is 0 Å². The lowest BCUT2D eigenvalue weighted by Gasteiger charge is -2.29. The van der Waals surface area contributed by atoms with Crippen molar-refractivity contribution in [3.63, 3.8) is 0 Å². The molecule has 1 atom stereocenters. The summed E-state index contributed by atoms with van der Waals surface area (Å²) in [6.45, 7) is 6.22. The second-order valence-corrected chi connectivity index (χ2v) is 4.74. The lowest BCUT2D eigenvalue weighted by molar-refractivity contribution is -0.124. The van der Waals surface area contributed by atoms with Gasteiger partial charge >= 0.3 is 0 Å². The molecule has 17 heavy (non-hydrogen) atoms. The standard InChI is InChI=1S/C13H19FN2O/c1-9(2)8-16-13(3,12(15)17)10-6-4-5-7-11(10)14/h4-7,9,16H,8H2,1-3H3,(H2,15,17). The largest absolute Gasteiger partial charge is 0.368 e. The summed E-state index contributed by atoms with van der Waals surface area (Å²) < 4.78 is 13.7. The molecule has 0 saturated heterocycles. The highest BCUT2D eigenvalue weighted by Crippen LogP contribution is 2.23. The molecular weight excluding hydrogens is 219 g/mol. The Balaban J connectivity index is 3.08. The van der Waals surface area contributed by atoms with E-state index in [0.717, 1.165) is 0 Å². The van der Waals surface area contributed by atoms with Gasteiger partial charge in [0.1, 0.15) is 11.4 Å². The van der Waals surface area contributed by atoms with E-state index < -0.39 is 17.3 Å². The quantitative estimate of drug-likeness (QED) is 0.821. The number of nitrogens with two attached hydrogens (primary N) is 1. The van der Waals surface area contributed by atoms with Gasteiger partial charge in [-0.05, 0) is 25.5 Å². The summed E-state index contributed by atoms with van der Waals surface area (Å²) in [4.78, 5) is 11.6. The second-order valence-electron chi connectivity index (χ2n) is 4.74. The van der Waals surface area contributed by atoms with Gasteiger partial charge in [-0.2, -0.15) is 0 Å². The molecule has 94 valence electrons. The van der Waals surface area contributed by atoms with Crippen molar-refractivity contribution in [2.45, 2.75) is 26.3 Å². The SMILES string of the molecule is CC(C)CNC(C)(C(N)=O)c1ccccc1F. The predicted octanol–water partition coefficient (Wildman–Crippen LogP) is 1.77. The lowest BCUT2D eigenvalue weighted by Crippen LogP contribution is -2.51. The van der Waals surface area contributed by atoms with E-state index in [1.54, 1.807) is 25.1 Å². The first-order valence-corrected chi connectivity index (χ1v) is 5.68. The van der Waals surface area contributed by atoms with Crippen LogP contribution in [0.4, 0.5) is 4.39 Å². The van der Waals surface area contributed by atoms with E-state index in [9.17, 15) is 9.18 Å². The van der Waals surface area contributed by atoms with Crippen molar-refractivity contribution in [1.82, 2.24) is 5.32 Å². The molecule has 1 amide bonds. The van der Waals surface area contributed by atoms with Gasteiger partial charge in [-0.3, -0.25) is 10.1 Å². The zero-order chi connectivity index (χ0) is 13.1. The van der Waals surface area contributed by atoms with Crippen molar-refractivity contribution in [1.29, 1.82) is 0 Å². The minimum absolute atomic E-state index is 0.285. The van der Waals surface area contributed by atoms with E-state index in [1.165, 1.54) is 6.07 Å². The van der Waals surface area contributed by atoms with Crippen molar-refractivity contribution in [2.24, 2.45) is 11.7 Å². The van der Waals surface area contributed by atoms with E-state index in [4.69, 9.17) is 5.73 Å². The molecule has 0 saturated carbocycles. The van der Waals surface area contributed by atoms with Crippen LogP contribution in [-0.2, 0) is 10.3 Å². The molecule has 1 rings (SSSR count). The Hall–Kier alpha value is -1.42. The van der Waals surface area contributed by atoms with Gasteiger partial charge in [-0.15, -0.1) is 0 Å². The number of amides is 1. The third-order valence-electron chi connectivity index (χ3n) is 2.77. The number of carbonyl (C=O) groups is 1. The molecule has 0 fully saturated rings. The van der Waals surface area contributed by atoms with Crippen LogP contribution in [-0.4, -0.2) is 12.5 Å². The number of halogens is 1. The van der Waals surface area contributed by atoms with E-state index in [0.29, 0.717) is 12.5 Å². The van der Waals surface area contributed by atoms with Crippen molar-refractivity contribution in [3.8, 4) is 0 Å². The zero-order valence-electron chi connectivity index (χ0n) is 10.5. The molecular formula is C13H19FN2O. The monoisotopic (exact) mass is 238 g/mol. The second kappa shape index (κ2) is 5.27. The Morgan fingerprint density at radius 1 is 1.47 bits per heavy atom. The molecule has 1 aromatic carbocycles. The Morgan fingerprint density at radius 3 is 2.53 bits per heavy atom. The summed E-state index contributed by atoms with van der Waals surface area (Å²) in [7, 11) is 0. The molecule has 0 spiro atoms. The van der Waals surface area contributed by atoms with Crippen LogP contribution in [0.15, 0.2) is 24.3 Å². The fourth-order valence-electron chi connectivity index (χ4n) is 1.59. The maximum absolute atomic E-state index is 13.7. The van der Waals surface area contributed by atoms with Gasteiger partial charge in [-0.25, -0.2) is 4.39 Å². The molecule has 0 radical (unpaired) electrons. The molecule has 0 aliphatic carbocycles. The summed E-state index contributed by atoms with van der Waals surface area (Å²) >= 11 is 0. The Bertz CT molecular complexity index is 406. The third-order valence-corrected chi connectivity index (χ3v) is 2.77. The number of benzene rings is 1. The molecule has 0 bridgehead atoms. The van der Waals surface area contributed by atoms with Gasteiger partial charge in [0, 0.05) is 5.56 Å². The maximum atomic E-state index is 13.7. The van der Waals surface area contributed by atoms with E-state index in [2.05, 4.69) is 5.32 Å². The number of rotatable bonds is 5. The van der Waals surface area contributed by atoms with Crippen molar-refractivity contribution >= 4 is 5.91 Å². The molecule has 3 N–H and O–H groups in total. The minimum Gasteiger partial charge on any atom is -0.368 e. The lowest BCUT2D eigenvalue weighted by atomic mass is 9.90. The molecule has 3 nitrogen and oxygen atoms in total. The Labute approximate surface area is 101 Å². The predicted molar refractivity (Wildman–Crippen MR) is 65.8 cm³/mol. The van der Waals surface area contributed by atoms with Crippen LogP contribution in [0.1, 0.15) is 26.3 Å². The van der Waals surface area contributed by atoms with Crippen molar-refractivity contribution in [2.75, 3.05) is 6.54 Å². The zero-order valence-corrected chi connectivity index (χ0v) is 10.5. The van der Waals surface area contributed by atoms with E-state index in [1.807, 2.05) is 13.8 Å². The summed E-state index contributed by atoms with van der Waals surface area (Å²) in [5.74, 6) is -0.659. The topological polar surface area (TPSA) is 55.1 Å².